The zero-order valence-corrected chi connectivity index (χ0v) is 7.80. The second kappa shape index (κ2) is 3.12. The van der Waals surface area contributed by atoms with Crippen LogP contribution in [-0.2, 0) is 16.7 Å². The molecule has 1 N–H and O–H groups in total. The van der Waals surface area contributed by atoms with E-state index >= 15 is 0 Å². The number of rotatable bonds is 0. The second-order valence-corrected chi connectivity index (χ2v) is 3.72. The molecule has 0 radical (unpaired) electrons. The van der Waals surface area contributed by atoms with Gasteiger partial charge >= 0.3 is 0 Å². The van der Waals surface area contributed by atoms with Gasteiger partial charge in [-0.15, -0.1) is 0 Å². The minimum absolute atomic E-state index is 0.162. The van der Waals surface area contributed by atoms with Crippen molar-refractivity contribution in [2.24, 2.45) is 0 Å². The Hall–Kier alpha value is -1.87. The van der Waals surface area contributed by atoms with Crippen LogP contribution in [0.25, 0.3) is 0 Å². The maximum atomic E-state index is 10.7. The number of aromatic nitrogens is 1. The highest BCUT2D eigenvalue weighted by atomic mass is 32.2. The Kier molecular flexibility index (Phi) is 1.94. The number of nitrogens with one attached hydrogen (secondary N) is 1. The van der Waals surface area contributed by atoms with Gasteiger partial charge in [0.15, 0.2) is 0 Å². The summed E-state index contributed by atoms with van der Waals surface area (Å²) in [6.07, 6.45) is 1.70. The number of hydrogen-bond donors (Lipinski definition) is 1. The van der Waals surface area contributed by atoms with E-state index in [1.54, 1.807) is 6.07 Å². The van der Waals surface area contributed by atoms with Crippen LogP contribution < -0.4 is 5.32 Å². The Morgan fingerprint density at radius 3 is 3.00 bits per heavy atom. The van der Waals surface area contributed by atoms with Gasteiger partial charge in [0.1, 0.15) is 10.8 Å². The van der Waals surface area contributed by atoms with E-state index < -0.39 is 10.3 Å². The molecule has 0 aliphatic carbocycles. The largest absolute Gasteiger partial charge is 0.330 e. The van der Waals surface area contributed by atoms with Gasteiger partial charge in [-0.25, -0.2) is 4.98 Å². The Morgan fingerprint density at radius 1 is 1.57 bits per heavy atom. The average Bonchev–Trinajstić information content (AvgIpc) is 2.60. The van der Waals surface area contributed by atoms with Gasteiger partial charge < -0.3 is 5.32 Å². The Bertz CT molecular complexity index is 561. The highest BCUT2D eigenvalue weighted by molar-refractivity contribution is 7.73. The Morgan fingerprint density at radius 2 is 2.36 bits per heavy atom. The third-order valence-corrected chi connectivity index (χ3v) is 2.62. The summed E-state index contributed by atoms with van der Waals surface area (Å²) in [5.41, 5.74) is 1.11. The summed E-state index contributed by atoms with van der Waals surface area (Å²) in [5, 5.41) is 11.4. The van der Waals surface area contributed by atoms with Crippen LogP contribution in [0.1, 0.15) is 11.1 Å². The molecule has 2 rings (SSSR count). The molecular formula is C8H5N3O2S. The molecule has 1 aromatic rings. The van der Waals surface area contributed by atoms with Crippen LogP contribution in [0.3, 0.4) is 0 Å². The Balaban J connectivity index is 2.62. The van der Waals surface area contributed by atoms with Crippen molar-refractivity contribution in [2.75, 3.05) is 5.32 Å². The van der Waals surface area contributed by atoms with Crippen molar-refractivity contribution >= 4 is 21.1 Å². The molecular weight excluding hydrogens is 202 g/mol. The number of anilines is 1. The topological polar surface area (TPSA) is 82.8 Å². The summed E-state index contributed by atoms with van der Waals surface area (Å²) in [4.78, 5) is 4.11. The van der Waals surface area contributed by atoms with E-state index in [0.717, 1.165) is 0 Å². The summed E-state index contributed by atoms with van der Waals surface area (Å²) >= 11 is 0. The van der Waals surface area contributed by atoms with Crippen molar-refractivity contribution < 1.29 is 8.42 Å². The van der Waals surface area contributed by atoms with Crippen LogP contribution >= 0.6 is 0 Å². The smallest absolute Gasteiger partial charge is 0.234 e. The van der Waals surface area contributed by atoms with Gasteiger partial charge in [0.2, 0.25) is 10.3 Å². The van der Waals surface area contributed by atoms with Gasteiger partial charge in [-0.3, -0.25) is 0 Å². The van der Waals surface area contributed by atoms with Crippen LogP contribution in [0.4, 0.5) is 5.82 Å². The summed E-state index contributed by atoms with van der Waals surface area (Å²) < 4.78 is 21.3. The van der Waals surface area contributed by atoms with Crippen molar-refractivity contribution in [3.8, 4) is 6.07 Å². The molecule has 0 amide bonds. The van der Waals surface area contributed by atoms with Crippen molar-refractivity contribution in [1.29, 1.82) is 5.26 Å². The zero-order chi connectivity index (χ0) is 10.1. The van der Waals surface area contributed by atoms with Crippen LogP contribution in [0.5, 0.6) is 0 Å². The molecule has 14 heavy (non-hydrogen) atoms. The molecule has 0 fully saturated rings. The first-order valence-electron chi connectivity index (χ1n) is 3.82. The third kappa shape index (κ3) is 1.24. The van der Waals surface area contributed by atoms with E-state index in [1.807, 2.05) is 6.07 Å². The van der Waals surface area contributed by atoms with Crippen molar-refractivity contribution in [3.05, 3.63) is 23.4 Å². The maximum Gasteiger partial charge on any atom is 0.234 e. The van der Waals surface area contributed by atoms with Gasteiger partial charge in [0.05, 0.1) is 11.6 Å². The van der Waals surface area contributed by atoms with E-state index in [9.17, 15) is 8.42 Å². The molecule has 1 aromatic heterocycles. The van der Waals surface area contributed by atoms with E-state index in [1.165, 1.54) is 6.20 Å². The predicted octanol–water partition coefficient (Wildman–Crippen LogP) is -0.0697. The Labute approximate surface area is 81.5 Å². The second-order valence-electron chi connectivity index (χ2n) is 2.76. The normalized spacial score (nSPS) is 12.9. The van der Waals surface area contributed by atoms with E-state index in [2.05, 4.69) is 10.3 Å². The minimum atomic E-state index is -2.27. The lowest BCUT2D eigenvalue weighted by Gasteiger charge is -1.96. The molecule has 0 bridgehead atoms. The molecule has 1 aliphatic rings. The molecule has 1 aliphatic heterocycles. The fraction of sp³-hybridized carbons (Fsp3) is 0.125. The van der Waals surface area contributed by atoms with Crippen LogP contribution in [-0.4, -0.2) is 18.4 Å². The van der Waals surface area contributed by atoms with Crippen LogP contribution in [0, 0.1) is 11.3 Å². The molecule has 0 saturated carbocycles. The molecule has 0 unspecified atom stereocenters. The molecule has 2 heterocycles. The van der Waals surface area contributed by atoms with Gasteiger partial charge in [-0.2, -0.15) is 13.7 Å². The molecule has 6 heteroatoms. The van der Waals surface area contributed by atoms with E-state index in [4.69, 9.17) is 5.26 Å². The highest BCUT2D eigenvalue weighted by Crippen LogP contribution is 2.23. The summed E-state index contributed by atoms with van der Waals surface area (Å²) in [6.45, 7) is 0. The monoisotopic (exact) mass is 207 g/mol. The lowest BCUT2D eigenvalue weighted by Crippen LogP contribution is -2.07. The summed E-state index contributed by atoms with van der Waals surface area (Å²) in [6, 6.07) is 3.56. The molecule has 0 atom stereocenters. The highest BCUT2D eigenvalue weighted by Gasteiger charge is 2.21. The third-order valence-electron chi connectivity index (χ3n) is 1.97. The SMILES string of the molecule is N#Cc1ccnc2c1CC(=S(=O)=O)N2. The van der Waals surface area contributed by atoms with E-state index in [0.29, 0.717) is 16.9 Å². The van der Waals surface area contributed by atoms with Gasteiger partial charge in [0, 0.05) is 18.2 Å². The quantitative estimate of drug-likeness (QED) is 0.602. The lowest BCUT2D eigenvalue weighted by molar-refractivity contribution is 0.627. The molecule has 0 spiro atoms. The number of hydrogen-bond acceptors (Lipinski definition) is 4. The summed E-state index contributed by atoms with van der Waals surface area (Å²) in [5.74, 6) is 0.461. The predicted molar refractivity (Wildman–Crippen MR) is 50.2 cm³/mol. The maximum absolute atomic E-state index is 10.7. The van der Waals surface area contributed by atoms with Gasteiger partial charge in [-0.1, -0.05) is 0 Å². The fourth-order valence-electron chi connectivity index (χ4n) is 1.32. The fourth-order valence-corrected chi connectivity index (χ4v) is 1.76. The van der Waals surface area contributed by atoms with Gasteiger partial charge in [0.25, 0.3) is 0 Å². The molecule has 70 valence electrons. The first-order chi connectivity index (χ1) is 6.72. The van der Waals surface area contributed by atoms with Crippen molar-refractivity contribution in [2.45, 2.75) is 6.42 Å². The summed E-state index contributed by atoms with van der Waals surface area (Å²) in [7, 11) is -2.27. The first-order valence-corrected chi connectivity index (χ1v) is 4.90. The van der Waals surface area contributed by atoms with Crippen LogP contribution in [0.2, 0.25) is 0 Å². The molecule has 0 saturated heterocycles. The lowest BCUT2D eigenvalue weighted by atomic mass is 10.1. The van der Waals surface area contributed by atoms with E-state index in [-0.39, 0.29) is 11.4 Å². The van der Waals surface area contributed by atoms with Crippen molar-refractivity contribution in [3.63, 3.8) is 0 Å². The van der Waals surface area contributed by atoms with Crippen molar-refractivity contribution in [1.82, 2.24) is 4.98 Å². The number of pyridine rings is 1. The first kappa shape index (κ1) is 8.72. The van der Waals surface area contributed by atoms with Crippen LogP contribution in [0.15, 0.2) is 12.3 Å². The number of nitrogens with zero attached hydrogens (tertiary/aromatic N) is 2. The average molecular weight is 207 g/mol. The molecule has 0 aromatic carbocycles. The van der Waals surface area contributed by atoms with Gasteiger partial charge in [-0.05, 0) is 6.07 Å². The standard InChI is InChI=1S/C8H5N3O2S/c9-4-5-1-2-10-8-6(5)3-7(11-8)14(12)13/h1-2H,3H2,(H,10,11). The molecule has 5 nitrogen and oxygen atoms in total. The number of nitriles is 1. The zero-order valence-electron chi connectivity index (χ0n) is 6.98. The minimum Gasteiger partial charge on any atom is -0.330 e. The number of fused-ring (bicyclic) bond motifs is 1.